The largest absolute Gasteiger partial charge is 0.343 e. The SMILES string of the molecule is Cc1c(S(=O)(=O)N2CCCCC2)cc(C(=O)N2CCc3ccccc3C2)n1C. The van der Waals surface area contributed by atoms with Crippen molar-refractivity contribution in [2.24, 2.45) is 7.05 Å². The third kappa shape index (κ3) is 3.26. The third-order valence-electron chi connectivity index (χ3n) is 6.06. The van der Waals surface area contributed by atoms with Crippen LogP contribution in [0.3, 0.4) is 0 Å². The fourth-order valence-electron chi connectivity index (χ4n) is 4.21. The van der Waals surface area contributed by atoms with E-state index in [1.165, 1.54) is 5.56 Å². The summed E-state index contributed by atoms with van der Waals surface area (Å²) in [5.41, 5.74) is 3.50. The van der Waals surface area contributed by atoms with Crippen LogP contribution in [0.15, 0.2) is 35.2 Å². The Morgan fingerprint density at radius 2 is 1.68 bits per heavy atom. The molecule has 28 heavy (non-hydrogen) atoms. The van der Waals surface area contributed by atoms with Crippen LogP contribution < -0.4 is 0 Å². The first kappa shape index (κ1) is 19.2. The second kappa shape index (κ2) is 7.37. The van der Waals surface area contributed by atoms with E-state index in [0.717, 1.165) is 31.2 Å². The fourth-order valence-corrected chi connectivity index (χ4v) is 6.00. The molecule has 0 radical (unpaired) electrons. The first-order valence-electron chi connectivity index (χ1n) is 9.92. The number of carbonyl (C=O) groups is 1. The van der Waals surface area contributed by atoms with E-state index in [0.29, 0.717) is 37.6 Å². The van der Waals surface area contributed by atoms with Gasteiger partial charge in [0.25, 0.3) is 5.91 Å². The maximum absolute atomic E-state index is 13.2. The highest BCUT2D eigenvalue weighted by atomic mass is 32.2. The molecule has 1 aromatic heterocycles. The summed E-state index contributed by atoms with van der Waals surface area (Å²) in [5.74, 6) is -0.111. The van der Waals surface area contributed by atoms with Gasteiger partial charge in [0.1, 0.15) is 10.6 Å². The zero-order valence-corrected chi connectivity index (χ0v) is 17.3. The summed E-state index contributed by atoms with van der Waals surface area (Å²) in [6.07, 6.45) is 3.68. The molecule has 1 amide bonds. The van der Waals surface area contributed by atoms with Gasteiger partial charge >= 0.3 is 0 Å². The average molecular weight is 402 g/mol. The Hall–Kier alpha value is -2.12. The molecule has 0 saturated carbocycles. The van der Waals surface area contributed by atoms with Gasteiger partial charge in [0.15, 0.2) is 0 Å². The number of hydrogen-bond donors (Lipinski definition) is 0. The first-order chi connectivity index (χ1) is 13.4. The Kier molecular flexibility index (Phi) is 5.05. The maximum Gasteiger partial charge on any atom is 0.270 e. The Balaban J connectivity index is 1.63. The first-order valence-corrected chi connectivity index (χ1v) is 11.4. The minimum atomic E-state index is -3.57. The monoisotopic (exact) mass is 401 g/mol. The van der Waals surface area contributed by atoms with Gasteiger partial charge in [0.05, 0.1) is 0 Å². The number of hydrogen-bond acceptors (Lipinski definition) is 3. The Morgan fingerprint density at radius 1 is 1.00 bits per heavy atom. The van der Waals surface area contributed by atoms with Gasteiger partial charge in [0.2, 0.25) is 10.0 Å². The van der Waals surface area contributed by atoms with E-state index in [4.69, 9.17) is 0 Å². The van der Waals surface area contributed by atoms with E-state index in [9.17, 15) is 13.2 Å². The molecule has 0 N–H and O–H groups in total. The van der Waals surface area contributed by atoms with Crippen LogP contribution in [-0.4, -0.2) is 47.7 Å². The number of sulfonamides is 1. The van der Waals surface area contributed by atoms with Gasteiger partial charge in [-0.05, 0) is 43.4 Å². The highest BCUT2D eigenvalue weighted by Crippen LogP contribution is 2.27. The average Bonchev–Trinajstić information content (AvgIpc) is 3.03. The number of rotatable bonds is 3. The number of piperidine rings is 1. The van der Waals surface area contributed by atoms with Crippen LogP contribution in [0.25, 0.3) is 0 Å². The molecule has 7 heteroatoms. The van der Waals surface area contributed by atoms with Crippen LogP contribution in [0.1, 0.15) is 46.6 Å². The van der Waals surface area contributed by atoms with E-state index in [2.05, 4.69) is 12.1 Å². The van der Waals surface area contributed by atoms with E-state index in [1.807, 2.05) is 17.0 Å². The summed E-state index contributed by atoms with van der Waals surface area (Å²) >= 11 is 0. The molecular weight excluding hydrogens is 374 g/mol. The zero-order chi connectivity index (χ0) is 19.9. The van der Waals surface area contributed by atoms with Gasteiger partial charge in [-0.2, -0.15) is 4.31 Å². The molecule has 150 valence electrons. The Morgan fingerprint density at radius 3 is 2.39 bits per heavy atom. The molecule has 0 bridgehead atoms. The van der Waals surface area contributed by atoms with Gasteiger partial charge < -0.3 is 9.47 Å². The van der Waals surface area contributed by atoms with Crippen molar-refractivity contribution >= 4 is 15.9 Å². The number of benzene rings is 1. The molecule has 6 nitrogen and oxygen atoms in total. The third-order valence-corrected chi connectivity index (χ3v) is 8.07. The molecule has 1 saturated heterocycles. The van der Waals surface area contributed by atoms with Gasteiger partial charge in [-0.1, -0.05) is 30.7 Å². The molecule has 2 aliphatic rings. The van der Waals surface area contributed by atoms with Crippen molar-refractivity contribution in [1.29, 1.82) is 0 Å². The molecular formula is C21H27N3O3S. The van der Waals surface area contributed by atoms with Crippen molar-refractivity contribution in [2.75, 3.05) is 19.6 Å². The number of aromatic nitrogens is 1. The summed E-state index contributed by atoms with van der Waals surface area (Å²) in [6, 6.07) is 9.74. The van der Waals surface area contributed by atoms with Gasteiger partial charge in [-0.3, -0.25) is 4.79 Å². The van der Waals surface area contributed by atoms with E-state index in [1.54, 1.807) is 28.9 Å². The van der Waals surface area contributed by atoms with E-state index < -0.39 is 10.0 Å². The quantitative estimate of drug-likeness (QED) is 0.794. The number of carbonyl (C=O) groups excluding carboxylic acids is 1. The second-order valence-electron chi connectivity index (χ2n) is 7.75. The summed E-state index contributed by atoms with van der Waals surface area (Å²) in [7, 11) is -1.79. The van der Waals surface area contributed by atoms with Crippen molar-refractivity contribution in [3.8, 4) is 0 Å². The van der Waals surface area contributed by atoms with Gasteiger partial charge in [-0.25, -0.2) is 8.42 Å². The van der Waals surface area contributed by atoms with Crippen LogP contribution >= 0.6 is 0 Å². The maximum atomic E-state index is 13.2. The lowest BCUT2D eigenvalue weighted by atomic mass is 10.00. The molecule has 0 spiro atoms. The lowest BCUT2D eigenvalue weighted by Crippen LogP contribution is -2.36. The smallest absolute Gasteiger partial charge is 0.270 e. The Labute approximate surface area is 166 Å². The number of amides is 1. The predicted octanol–water partition coefficient (Wildman–Crippen LogP) is 2.71. The molecule has 3 heterocycles. The summed E-state index contributed by atoms with van der Waals surface area (Å²) < 4.78 is 29.5. The lowest BCUT2D eigenvalue weighted by molar-refractivity contribution is 0.0724. The van der Waals surface area contributed by atoms with Crippen LogP contribution in [0.5, 0.6) is 0 Å². The molecule has 1 aromatic carbocycles. The summed E-state index contributed by atoms with van der Waals surface area (Å²) in [5, 5.41) is 0. The minimum Gasteiger partial charge on any atom is -0.343 e. The van der Waals surface area contributed by atoms with Crippen molar-refractivity contribution in [1.82, 2.24) is 13.8 Å². The van der Waals surface area contributed by atoms with Crippen LogP contribution in [0, 0.1) is 6.92 Å². The van der Waals surface area contributed by atoms with Crippen molar-refractivity contribution in [2.45, 2.75) is 44.0 Å². The second-order valence-corrected chi connectivity index (χ2v) is 9.65. The standard InChI is InChI=1S/C21H27N3O3S/c1-16-20(28(26,27)24-11-6-3-7-12-24)14-19(22(16)2)21(25)23-13-10-17-8-4-5-9-18(17)15-23/h4-5,8-9,14H,3,6-7,10-13,15H2,1-2H3. The van der Waals surface area contributed by atoms with Crippen LogP contribution in [-0.2, 0) is 30.0 Å². The molecule has 0 atom stereocenters. The van der Waals surface area contributed by atoms with Gasteiger partial charge in [0, 0.05) is 38.9 Å². The molecule has 1 fully saturated rings. The van der Waals surface area contributed by atoms with Crippen LogP contribution in [0.2, 0.25) is 0 Å². The molecule has 2 aromatic rings. The molecule has 0 unspecified atom stereocenters. The lowest BCUT2D eigenvalue weighted by Gasteiger charge is -2.29. The summed E-state index contributed by atoms with van der Waals surface area (Å²) in [6.45, 7) is 4.10. The number of fused-ring (bicyclic) bond motifs is 1. The normalized spacial score (nSPS) is 18.1. The van der Waals surface area contributed by atoms with E-state index in [-0.39, 0.29) is 10.8 Å². The van der Waals surface area contributed by atoms with E-state index >= 15 is 0 Å². The van der Waals surface area contributed by atoms with Gasteiger partial charge in [-0.15, -0.1) is 0 Å². The number of nitrogens with zero attached hydrogens (tertiary/aromatic N) is 3. The zero-order valence-electron chi connectivity index (χ0n) is 16.5. The van der Waals surface area contributed by atoms with Crippen molar-refractivity contribution in [3.05, 3.63) is 52.8 Å². The van der Waals surface area contributed by atoms with Crippen molar-refractivity contribution in [3.63, 3.8) is 0 Å². The van der Waals surface area contributed by atoms with Crippen molar-refractivity contribution < 1.29 is 13.2 Å². The molecule has 4 rings (SSSR count). The fraction of sp³-hybridized carbons (Fsp3) is 0.476. The summed E-state index contributed by atoms with van der Waals surface area (Å²) in [4.78, 5) is 15.3. The highest BCUT2D eigenvalue weighted by molar-refractivity contribution is 7.89. The topological polar surface area (TPSA) is 62.6 Å². The Bertz CT molecular complexity index is 1000. The predicted molar refractivity (Wildman–Crippen MR) is 108 cm³/mol. The molecule has 2 aliphatic heterocycles. The van der Waals surface area contributed by atoms with Crippen LogP contribution in [0.4, 0.5) is 0 Å². The highest BCUT2D eigenvalue weighted by Gasteiger charge is 2.32. The molecule has 0 aliphatic carbocycles. The minimum absolute atomic E-state index is 0.111.